The average Bonchev–Trinajstić information content (AvgIpc) is 2.59. The number of carbonyl (C=O) groups excluding carboxylic acids is 1. The molecule has 2 aromatic carbocycles. The zero-order chi connectivity index (χ0) is 16.9. The molecular weight excluding hydrogens is 296 g/mol. The summed E-state index contributed by atoms with van der Waals surface area (Å²) in [4.78, 5) is 13.6. The van der Waals surface area contributed by atoms with Crippen LogP contribution in [0.25, 0.3) is 5.57 Å². The van der Waals surface area contributed by atoms with Crippen LogP contribution < -0.4 is 10.2 Å². The topological polar surface area (TPSA) is 33.5 Å². The molecule has 1 atom stereocenters. The molecule has 3 nitrogen and oxygen atoms in total. The molecule has 1 aliphatic rings. The van der Waals surface area contributed by atoms with E-state index >= 15 is 0 Å². The maximum Gasteiger partial charge on any atom is 0.279 e. The Morgan fingerprint density at radius 1 is 1.08 bits per heavy atom. The predicted octanol–water partition coefficient (Wildman–Crippen LogP) is 2.61. The van der Waals surface area contributed by atoms with Gasteiger partial charge in [0.25, 0.3) is 5.91 Å². The highest BCUT2D eigenvalue weighted by atomic mass is 16.2. The van der Waals surface area contributed by atoms with Gasteiger partial charge >= 0.3 is 0 Å². The molecule has 2 N–H and O–H groups in total. The van der Waals surface area contributed by atoms with Crippen molar-refractivity contribution in [2.24, 2.45) is 0 Å². The van der Waals surface area contributed by atoms with Crippen LogP contribution in [0.4, 0.5) is 5.69 Å². The molecule has 3 rings (SSSR count). The van der Waals surface area contributed by atoms with E-state index in [1.54, 1.807) is 0 Å². The second kappa shape index (κ2) is 7.45. The first-order valence-corrected chi connectivity index (χ1v) is 8.57. The van der Waals surface area contributed by atoms with Gasteiger partial charge < -0.3 is 10.2 Å². The molecule has 0 aromatic heterocycles. The van der Waals surface area contributed by atoms with Gasteiger partial charge in [0.05, 0.1) is 13.1 Å². The number of hydrogen-bond acceptors (Lipinski definition) is 1. The summed E-state index contributed by atoms with van der Waals surface area (Å²) in [7, 11) is 0. The fraction of sp³-hybridized carbons (Fsp3) is 0.286. The maximum atomic E-state index is 12.3. The van der Waals surface area contributed by atoms with Crippen LogP contribution >= 0.6 is 0 Å². The van der Waals surface area contributed by atoms with E-state index < -0.39 is 0 Å². The Balaban J connectivity index is 1.54. The van der Waals surface area contributed by atoms with Crippen LogP contribution in [0.1, 0.15) is 23.1 Å². The maximum absolute atomic E-state index is 12.3. The quantitative estimate of drug-likeness (QED) is 0.892. The summed E-state index contributed by atoms with van der Waals surface area (Å²) in [6.45, 7) is 6.57. The Hall–Kier alpha value is -2.39. The number of amides is 1. The van der Waals surface area contributed by atoms with Crippen molar-refractivity contribution in [2.75, 3.05) is 25.0 Å². The molecule has 0 fully saturated rings. The standard InChI is InChI=1S/C21H24N2O/c1-16-8-9-20(14-17(16)2)22-21(24)15-23-12-10-19(11-13-23)18-6-4-3-5-7-18/h3-10,14H,11-13,15H2,1-2H3,(H,22,24)/p+1. The van der Waals surface area contributed by atoms with Gasteiger partial charge in [0.15, 0.2) is 6.54 Å². The second-order valence-corrected chi connectivity index (χ2v) is 6.57. The molecule has 24 heavy (non-hydrogen) atoms. The highest BCUT2D eigenvalue weighted by molar-refractivity contribution is 5.91. The summed E-state index contributed by atoms with van der Waals surface area (Å²) < 4.78 is 0. The Morgan fingerprint density at radius 3 is 2.54 bits per heavy atom. The van der Waals surface area contributed by atoms with E-state index in [0.29, 0.717) is 6.54 Å². The number of nitrogens with one attached hydrogen (secondary N) is 2. The third kappa shape index (κ3) is 4.12. The first-order chi connectivity index (χ1) is 11.6. The van der Waals surface area contributed by atoms with Crippen LogP contribution in [-0.4, -0.2) is 25.5 Å². The largest absolute Gasteiger partial charge is 0.324 e. The van der Waals surface area contributed by atoms with E-state index in [2.05, 4.69) is 49.5 Å². The summed E-state index contributed by atoms with van der Waals surface area (Å²) in [5, 5.41) is 3.02. The molecule has 0 radical (unpaired) electrons. The fourth-order valence-electron chi connectivity index (χ4n) is 3.11. The van der Waals surface area contributed by atoms with Gasteiger partial charge in [0.2, 0.25) is 0 Å². The van der Waals surface area contributed by atoms with Crippen LogP contribution in [0.15, 0.2) is 54.6 Å². The van der Waals surface area contributed by atoms with Gasteiger partial charge in [-0.3, -0.25) is 4.79 Å². The molecule has 1 heterocycles. The summed E-state index contributed by atoms with van der Waals surface area (Å²) in [5.74, 6) is 0.0878. The minimum atomic E-state index is 0.0878. The number of carbonyl (C=O) groups is 1. The zero-order valence-corrected chi connectivity index (χ0v) is 14.4. The number of hydrogen-bond donors (Lipinski definition) is 2. The molecule has 1 amide bonds. The van der Waals surface area contributed by atoms with Crippen molar-refractivity contribution in [3.63, 3.8) is 0 Å². The van der Waals surface area contributed by atoms with E-state index in [0.717, 1.165) is 25.2 Å². The van der Waals surface area contributed by atoms with E-state index in [1.807, 2.05) is 24.3 Å². The lowest BCUT2D eigenvalue weighted by molar-refractivity contribution is -0.886. The first kappa shape index (κ1) is 16.5. The van der Waals surface area contributed by atoms with Crippen LogP contribution in [0.5, 0.6) is 0 Å². The van der Waals surface area contributed by atoms with Gasteiger partial charge in [-0.2, -0.15) is 0 Å². The molecule has 0 bridgehead atoms. The van der Waals surface area contributed by atoms with E-state index in [9.17, 15) is 4.79 Å². The summed E-state index contributed by atoms with van der Waals surface area (Å²) >= 11 is 0. The van der Waals surface area contributed by atoms with Crippen molar-refractivity contribution < 1.29 is 9.69 Å². The fourth-order valence-corrected chi connectivity index (χ4v) is 3.11. The van der Waals surface area contributed by atoms with Crippen LogP contribution in [-0.2, 0) is 4.79 Å². The molecule has 2 aromatic rings. The van der Waals surface area contributed by atoms with Gasteiger partial charge in [-0.1, -0.05) is 36.4 Å². The molecule has 3 heteroatoms. The van der Waals surface area contributed by atoms with Gasteiger partial charge in [-0.05, 0) is 54.3 Å². The Labute approximate surface area is 144 Å². The van der Waals surface area contributed by atoms with Crippen LogP contribution in [0, 0.1) is 13.8 Å². The minimum absolute atomic E-state index is 0.0878. The number of benzene rings is 2. The molecule has 0 spiro atoms. The van der Waals surface area contributed by atoms with Crippen LogP contribution in [0.2, 0.25) is 0 Å². The van der Waals surface area contributed by atoms with Crippen LogP contribution in [0.3, 0.4) is 0 Å². The van der Waals surface area contributed by atoms with Gasteiger partial charge in [0.1, 0.15) is 0 Å². The summed E-state index contributed by atoms with van der Waals surface area (Å²) in [5.41, 5.74) is 6.03. The Morgan fingerprint density at radius 2 is 1.88 bits per heavy atom. The van der Waals surface area contributed by atoms with E-state index in [1.165, 1.54) is 27.2 Å². The molecular formula is C21H25N2O+. The van der Waals surface area contributed by atoms with E-state index in [-0.39, 0.29) is 5.91 Å². The van der Waals surface area contributed by atoms with Crippen molar-refractivity contribution >= 4 is 17.2 Å². The molecule has 0 saturated heterocycles. The van der Waals surface area contributed by atoms with Crippen molar-refractivity contribution in [3.05, 3.63) is 71.3 Å². The molecule has 0 saturated carbocycles. The Kier molecular flexibility index (Phi) is 5.11. The number of anilines is 1. The number of quaternary nitrogens is 1. The monoisotopic (exact) mass is 321 g/mol. The molecule has 124 valence electrons. The predicted molar refractivity (Wildman–Crippen MR) is 99.1 cm³/mol. The van der Waals surface area contributed by atoms with Crippen molar-refractivity contribution in [3.8, 4) is 0 Å². The minimum Gasteiger partial charge on any atom is -0.324 e. The Bertz CT molecular complexity index is 750. The second-order valence-electron chi connectivity index (χ2n) is 6.57. The van der Waals surface area contributed by atoms with Gasteiger partial charge in [-0.25, -0.2) is 0 Å². The molecule has 0 aliphatic carbocycles. The lowest BCUT2D eigenvalue weighted by Gasteiger charge is -2.23. The van der Waals surface area contributed by atoms with Gasteiger partial charge in [0, 0.05) is 12.1 Å². The zero-order valence-electron chi connectivity index (χ0n) is 14.4. The van der Waals surface area contributed by atoms with Crippen molar-refractivity contribution in [1.82, 2.24) is 0 Å². The summed E-state index contributed by atoms with van der Waals surface area (Å²) in [6.07, 6.45) is 3.30. The smallest absolute Gasteiger partial charge is 0.279 e. The summed E-state index contributed by atoms with van der Waals surface area (Å²) in [6, 6.07) is 16.6. The van der Waals surface area contributed by atoms with Crippen molar-refractivity contribution in [1.29, 1.82) is 0 Å². The molecule has 1 unspecified atom stereocenters. The third-order valence-electron chi connectivity index (χ3n) is 4.73. The first-order valence-electron chi connectivity index (χ1n) is 8.57. The lowest BCUT2D eigenvalue weighted by Crippen LogP contribution is -3.13. The molecule has 1 aliphatic heterocycles. The van der Waals surface area contributed by atoms with Gasteiger partial charge in [-0.15, -0.1) is 0 Å². The number of aryl methyl sites for hydroxylation is 2. The lowest BCUT2D eigenvalue weighted by atomic mass is 10.00. The normalized spacial score (nSPS) is 17.2. The third-order valence-corrected chi connectivity index (χ3v) is 4.73. The van der Waals surface area contributed by atoms with E-state index in [4.69, 9.17) is 0 Å². The van der Waals surface area contributed by atoms with Crippen molar-refractivity contribution in [2.45, 2.75) is 20.3 Å². The number of rotatable bonds is 4. The SMILES string of the molecule is Cc1ccc(NC(=O)C[NH+]2CC=C(c3ccccc3)CC2)cc1C. The highest BCUT2D eigenvalue weighted by Gasteiger charge is 2.18. The average molecular weight is 321 g/mol. The highest BCUT2D eigenvalue weighted by Crippen LogP contribution is 2.17.